The summed E-state index contributed by atoms with van der Waals surface area (Å²) in [6.45, 7) is 0. The fourth-order valence-corrected chi connectivity index (χ4v) is 3.16. The van der Waals surface area contributed by atoms with Gasteiger partial charge in [-0.05, 0) is 47.8 Å². The lowest BCUT2D eigenvalue weighted by molar-refractivity contribution is 0.480. The molecule has 0 aliphatic heterocycles. The quantitative estimate of drug-likeness (QED) is 0.587. The number of imidazole rings is 1. The number of hydrogen-bond donors (Lipinski definition) is 1. The predicted octanol–water partition coefficient (Wildman–Crippen LogP) is 4.60. The molecule has 5 heteroatoms. The van der Waals surface area contributed by atoms with Crippen LogP contribution >= 0.6 is 11.3 Å². The molecule has 2 aromatic carbocycles. The second-order valence-electron chi connectivity index (χ2n) is 4.90. The van der Waals surface area contributed by atoms with Gasteiger partial charge in [0.05, 0.1) is 5.52 Å². The lowest BCUT2D eigenvalue weighted by Gasteiger charge is -2.08. The molecule has 0 saturated heterocycles. The Kier molecular flexibility index (Phi) is 2.94. The Morgan fingerprint density at radius 1 is 1.05 bits per heavy atom. The van der Waals surface area contributed by atoms with Crippen molar-refractivity contribution in [3.63, 3.8) is 0 Å². The molecule has 3 nitrogen and oxygen atoms in total. The van der Waals surface area contributed by atoms with Crippen molar-refractivity contribution in [3.8, 4) is 22.8 Å². The first-order valence-corrected chi connectivity index (χ1v) is 7.67. The van der Waals surface area contributed by atoms with Crippen molar-refractivity contribution in [2.75, 3.05) is 0 Å². The largest absolute Gasteiger partial charge is 0.506 e. The van der Waals surface area contributed by atoms with Gasteiger partial charge in [-0.3, -0.25) is 4.57 Å². The number of aromatic nitrogens is 2. The van der Waals surface area contributed by atoms with Crippen LogP contribution in [-0.4, -0.2) is 14.7 Å². The summed E-state index contributed by atoms with van der Waals surface area (Å²) in [5, 5.41) is 14.0. The molecule has 0 aliphatic rings. The van der Waals surface area contributed by atoms with E-state index in [9.17, 15) is 9.50 Å². The Hall–Kier alpha value is -2.66. The number of nitrogens with zero attached hydrogens (tertiary/aromatic N) is 2. The summed E-state index contributed by atoms with van der Waals surface area (Å²) in [5.41, 5.74) is 3.08. The van der Waals surface area contributed by atoms with Crippen LogP contribution in [0.5, 0.6) is 5.75 Å². The fourth-order valence-electron chi connectivity index (χ4n) is 2.52. The molecule has 4 aromatic rings. The Bertz CT molecular complexity index is 943. The van der Waals surface area contributed by atoms with Crippen LogP contribution in [0.2, 0.25) is 0 Å². The Labute approximate surface area is 129 Å². The summed E-state index contributed by atoms with van der Waals surface area (Å²) >= 11 is 1.58. The molecule has 0 aliphatic carbocycles. The third-order valence-electron chi connectivity index (χ3n) is 3.53. The molecular formula is C17H11FN2OS. The van der Waals surface area contributed by atoms with Gasteiger partial charge in [-0.1, -0.05) is 6.07 Å². The molecule has 0 spiro atoms. The minimum absolute atomic E-state index is 0.134. The number of halogens is 1. The highest BCUT2D eigenvalue weighted by atomic mass is 32.1. The van der Waals surface area contributed by atoms with Crippen molar-refractivity contribution >= 4 is 22.4 Å². The van der Waals surface area contributed by atoms with E-state index in [0.717, 1.165) is 22.6 Å². The van der Waals surface area contributed by atoms with E-state index in [0.29, 0.717) is 5.52 Å². The van der Waals surface area contributed by atoms with Gasteiger partial charge in [0, 0.05) is 16.6 Å². The van der Waals surface area contributed by atoms with E-state index >= 15 is 0 Å². The molecule has 0 saturated carbocycles. The van der Waals surface area contributed by atoms with Crippen LogP contribution < -0.4 is 0 Å². The molecular weight excluding hydrogens is 299 g/mol. The second kappa shape index (κ2) is 4.96. The molecule has 4 rings (SSSR count). The molecule has 1 N–H and O–H groups in total. The van der Waals surface area contributed by atoms with Crippen LogP contribution in [0.3, 0.4) is 0 Å². The van der Waals surface area contributed by atoms with E-state index in [4.69, 9.17) is 0 Å². The normalized spacial score (nSPS) is 11.1. The Morgan fingerprint density at radius 3 is 2.59 bits per heavy atom. The smallest absolute Gasteiger partial charge is 0.146 e. The molecule has 108 valence electrons. The van der Waals surface area contributed by atoms with Gasteiger partial charge in [0.25, 0.3) is 0 Å². The van der Waals surface area contributed by atoms with E-state index in [1.807, 2.05) is 27.5 Å². The summed E-state index contributed by atoms with van der Waals surface area (Å²) < 4.78 is 15.1. The maximum absolute atomic E-state index is 13.2. The molecule has 0 bridgehead atoms. The molecule has 2 aromatic heterocycles. The molecule has 0 radical (unpaired) electrons. The van der Waals surface area contributed by atoms with Gasteiger partial charge in [-0.15, -0.1) is 0 Å². The summed E-state index contributed by atoms with van der Waals surface area (Å²) in [6, 6.07) is 13.5. The average molecular weight is 310 g/mol. The van der Waals surface area contributed by atoms with Crippen molar-refractivity contribution in [3.05, 3.63) is 65.1 Å². The number of benzene rings is 2. The van der Waals surface area contributed by atoms with Crippen molar-refractivity contribution in [1.29, 1.82) is 0 Å². The van der Waals surface area contributed by atoms with Gasteiger partial charge in [0.1, 0.15) is 22.9 Å². The minimum Gasteiger partial charge on any atom is -0.506 e. The van der Waals surface area contributed by atoms with Gasteiger partial charge >= 0.3 is 0 Å². The molecule has 0 unspecified atom stereocenters. The van der Waals surface area contributed by atoms with Crippen molar-refractivity contribution in [1.82, 2.24) is 9.55 Å². The second-order valence-corrected chi connectivity index (χ2v) is 5.68. The highest BCUT2D eigenvalue weighted by molar-refractivity contribution is 7.08. The van der Waals surface area contributed by atoms with E-state index in [1.165, 1.54) is 12.1 Å². The summed E-state index contributed by atoms with van der Waals surface area (Å²) in [6.07, 6.45) is 0. The maximum Gasteiger partial charge on any atom is 0.146 e. The first-order chi connectivity index (χ1) is 10.7. The van der Waals surface area contributed by atoms with Crippen LogP contribution in [0.15, 0.2) is 59.3 Å². The van der Waals surface area contributed by atoms with Crippen molar-refractivity contribution < 1.29 is 9.50 Å². The summed E-state index contributed by atoms with van der Waals surface area (Å²) in [4.78, 5) is 4.58. The number of rotatable bonds is 2. The minimum atomic E-state index is -0.284. The van der Waals surface area contributed by atoms with Crippen LogP contribution in [0, 0.1) is 5.82 Å². The zero-order valence-electron chi connectivity index (χ0n) is 11.4. The van der Waals surface area contributed by atoms with Gasteiger partial charge in [-0.25, -0.2) is 9.37 Å². The average Bonchev–Trinajstić information content (AvgIpc) is 3.15. The Balaban J connectivity index is 2.08. The van der Waals surface area contributed by atoms with Gasteiger partial charge < -0.3 is 5.11 Å². The van der Waals surface area contributed by atoms with Crippen LogP contribution in [0.25, 0.3) is 28.1 Å². The highest BCUT2D eigenvalue weighted by Gasteiger charge is 2.16. The lowest BCUT2D eigenvalue weighted by Crippen LogP contribution is -1.96. The number of fused-ring (bicyclic) bond motifs is 1. The third-order valence-corrected chi connectivity index (χ3v) is 4.21. The van der Waals surface area contributed by atoms with Gasteiger partial charge in [0.15, 0.2) is 0 Å². The van der Waals surface area contributed by atoms with Crippen LogP contribution in [-0.2, 0) is 0 Å². The zero-order chi connectivity index (χ0) is 15.1. The third kappa shape index (κ3) is 1.98. The number of thiophene rings is 1. The number of phenols is 1. The standard InChI is InChI=1S/C17H11FN2OS/c18-12-4-6-13(7-5-12)20-14-2-1-3-15(21)16(14)19-17(20)11-8-9-22-10-11/h1-10,21H. The highest BCUT2D eigenvalue weighted by Crippen LogP contribution is 2.33. The molecule has 2 heterocycles. The molecule has 0 atom stereocenters. The number of phenolic OH excluding ortho intramolecular Hbond substituents is 1. The topological polar surface area (TPSA) is 38.1 Å². The summed E-state index contributed by atoms with van der Waals surface area (Å²) in [7, 11) is 0. The first-order valence-electron chi connectivity index (χ1n) is 6.73. The molecule has 0 fully saturated rings. The van der Waals surface area contributed by atoms with E-state index in [1.54, 1.807) is 35.6 Å². The number of para-hydroxylation sites is 1. The number of aromatic hydroxyl groups is 1. The lowest BCUT2D eigenvalue weighted by atomic mass is 10.2. The van der Waals surface area contributed by atoms with Gasteiger partial charge in [0.2, 0.25) is 0 Å². The SMILES string of the molecule is Oc1cccc2c1nc(-c1ccsc1)n2-c1ccc(F)cc1. The fraction of sp³-hybridized carbons (Fsp3) is 0. The van der Waals surface area contributed by atoms with Crippen molar-refractivity contribution in [2.24, 2.45) is 0 Å². The Morgan fingerprint density at radius 2 is 1.86 bits per heavy atom. The van der Waals surface area contributed by atoms with E-state index in [2.05, 4.69) is 4.98 Å². The monoisotopic (exact) mass is 310 g/mol. The maximum atomic E-state index is 13.2. The predicted molar refractivity (Wildman–Crippen MR) is 86.0 cm³/mol. The number of hydrogen-bond acceptors (Lipinski definition) is 3. The van der Waals surface area contributed by atoms with E-state index < -0.39 is 0 Å². The van der Waals surface area contributed by atoms with Gasteiger partial charge in [-0.2, -0.15) is 11.3 Å². The van der Waals surface area contributed by atoms with Crippen LogP contribution in [0.4, 0.5) is 4.39 Å². The first kappa shape index (κ1) is 13.0. The van der Waals surface area contributed by atoms with Crippen molar-refractivity contribution in [2.45, 2.75) is 0 Å². The zero-order valence-corrected chi connectivity index (χ0v) is 12.2. The molecule has 22 heavy (non-hydrogen) atoms. The molecule has 0 amide bonds. The summed E-state index contributed by atoms with van der Waals surface area (Å²) in [5.74, 6) is 0.576. The van der Waals surface area contributed by atoms with Crippen LogP contribution in [0.1, 0.15) is 0 Å². The van der Waals surface area contributed by atoms with E-state index in [-0.39, 0.29) is 11.6 Å².